The van der Waals surface area contributed by atoms with E-state index in [9.17, 15) is 4.79 Å². The largest absolute Gasteiger partial charge is 0.469 e. The number of nitrogens with zero attached hydrogens (tertiary/aromatic N) is 3. The lowest BCUT2D eigenvalue weighted by Gasteiger charge is -2.04. The monoisotopic (exact) mass is 169 g/mol. The van der Waals surface area contributed by atoms with Crippen molar-refractivity contribution in [2.24, 2.45) is 11.0 Å². The van der Waals surface area contributed by atoms with E-state index in [1.165, 1.54) is 7.11 Å². The smallest absolute Gasteiger partial charge is 0.308 e. The van der Waals surface area contributed by atoms with Crippen molar-refractivity contribution in [3.8, 4) is 0 Å². The Labute approximate surface area is 70.3 Å². The molecule has 0 heterocycles. The number of rotatable bonds is 2. The third kappa shape index (κ3) is 1.89. The van der Waals surface area contributed by atoms with E-state index in [4.69, 9.17) is 5.53 Å². The molecule has 1 aliphatic rings. The number of hydrogen-bond donors (Lipinski definition) is 0. The van der Waals surface area contributed by atoms with Crippen LogP contribution >= 0.6 is 0 Å². The molecule has 1 aliphatic carbocycles. The molecule has 0 N–H and O–H groups in total. The molecule has 12 heavy (non-hydrogen) atoms. The fourth-order valence-corrected chi connectivity index (χ4v) is 1.52. The first kappa shape index (κ1) is 8.87. The van der Waals surface area contributed by atoms with Crippen LogP contribution in [-0.4, -0.2) is 19.1 Å². The number of ether oxygens (including phenoxy) is 1. The highest BCUT2D eigenvalue weighted by Gasteiger charge is 2.29. The number of carbonyl (C=O) groups is 1. The number of carbonyl (C=O) groups excluding carboxylic acids is 1. The van der Waals surface area contributed by atoms with Gasteiger partial charge in [0.05, 0.1) is 13.0 Å². The normalized spacial score (nSPS) is 27.8. The Kier molecular flexibility index (Phi) is 2.94. The van der Waals surface area contributed by atoms with E-state index in [1.54, 1.807) is 0 Å². The van der Waals surface area contributed by atoms with Crippen LogP contribution in [-0.2, 0) is 9.53 Å². The van der Waals surface area contributed by atoms with Crippen LogP contribution in [0.1, 0.15) is 19.3 Å². The lowest BCUT2D eigenvalue weighted by molar-refractivity contribution is -0.145. The van der Waals surface area contributed by atoms with Crippen LogP contribution in [0.4, 0.5) is 0 Å². The Bertz CT molecular complexity index is 223. The van der Waals surface area contributed by atoms with E-state index in [0.29, 0.717) is 6.42 Å². The summed E-state index contributed by atoms with van der Waals surface area (Å²) < 4.78 is 4.59. The predicted octanol–water partition coefficient (Wildman–Crippen LogP) is 1.64. The first-order valence-electron chi connectivity index (χ1n) is 3.90. The van der Waals surface area contributed by atoms with E-state index in [1.807, 2.05) is 0 Å². The van der Waals surface area contributed by atoms with Gasteiger partial charge in [0, 0.05) is 11.0 Å². The summed E-state index contributed by atoms with van der Waals surface area (Å²) in [7, 11) is 1.38. The van der Waals surface area contributed by atoms with E-state index in [0.717, 1.165) is 12.8 Å². The summed E-state index contributed by atoms with van der Waals surface area (Å²) in [5.74, 6) is -0.254. The molecule has 1 fully saturated rings. The molecule has 1 saturated carbocycles. The maximum atomic E-state index is 11.0. The predicted molar refractivity (Wildman–Crippen MR) is 42.3 cm³/mol. The van der Waals surface area contributed by atoms with Crippen molar-refractivity contribution in [1.82, 2.24) is 0 Å². The molecule has 0 amide bonds. The van der Waals surface area contributed by atoms with E-state index >= 15 is 0 Å². The minimum Gasteiger partial charge on any atom is -0.469 e. The maximum absolute atomic E-state index is 11.0. The van der Waals surface area contributed by atoms with Gasteiger partial charge >= 0.3 is 5.97 Å². The summed E-state index contributed by atoms with van der Waals surface area (Å²) >= 11 is 0. The molecule has 0 saturated heterocycles. The van der Waals surface area contributed by atoms with Crippen LogP contribution in [0, 0.1) is 5.92 Å². The van der Waals surface area contributed by atoms with E-state index < -0.39 is 0 Å². The minimum absolute atomic E-state index is 0.0147. The molecular formula is C7H11N3O2. The van der Waals surface area contributed by atoms with Crippen molar-refractivity contribution in [3.63, 3.8) is 0 Å². The Balaban J connectivity index is 2.45. The molecule has 0 aromatic rings. The molecule has 5 nitrogen and oxygen atoms in total. The third-order valence-corrected chi connectivity index (χ3v) is 2.15. The van der Waals surface area contributed by atoms with E-state index in [-0.39, 0.29) is 17.9 Å². The molecule has 2 atom stereocenters. The van der Waals surface area contributed by atoms with Gasteiger partial charge in [-0.1, -0.05) is 5.11 Å². The molecule has 0 bridgehead atoms. The zero-order valence-corrected chi connectivity index (χ0v) is 6.93. The second-order valence-corrected chi connectivity index (χ2v) is 2.89. The first-order valence-corrected chi connectivity index (χ1v) is 3.90. The average molecular weight is 169 g/mol. The minimum atomic E-state index is -0.189. The molecule has 5 heteroatoms. The molecule has 0 aromatic carbocycles. The van der Waals surface area contributed by atoms with Crippen molar-refractivity contribution < 1.29 is 9.53 Å². The quantitative estimate of drug-likeness (QED) is 0.272. The van der Waals surface area contributed by atoms with Gasteiger partial charge in [-0.15, -0.1) is 0 Å². The van der Waals surface area contributed by atoms with Crippen LogP contribution < -0.4 is 0 Å². The third-order valence-electron chi connectivity index (χ3n) is 2.15. The highest BCUT2D eigenvalue weighted by atomic mass is 16.5. The average Bonchev–Trinajstić information content (AvgIpc) is 2.52. The maximum Gasteiger partial charge on any atom is 0.308 e. The molecular weight excluding hydrogens is 158 g/mol. The van der Waals surface area contributed by atoms with Gasteiger partial charge in [-0.2, -0.15) is 0 Å². The van der Waals surface area contributed by atoms with Gasteiger partial charge in [-0.05, 0) is 24.8 Å². The van der Waals surface area contributed by atoms with Gasteiger partial charge in [0.2, 0.25) is 0 Å². The number of esters is 1. The van der Waals surface area contributed by atoms with Gasteiger partial charge in [0.1, 0.15) is 0 Å². The molecule has 0 aliphatic heterocycles. The molecule has 1 unspecified atom stereocenters. The lowest BCUT2D eigenvalue weighted by atomic mass is 10.1. The second-order valence-electron chi connectivity index (χ2n) is 2.89. The Morgan fingerprint density at radius 3 is 3.00 bits per heavy atom. The lowest BCUT2D eigenvalue weighted by Crippen LogP contribution is -2.13. The Morgan fingerprint density at radius 2 is 2.42 bits per heavy atom. The van der Waals surface area contributed by atoms with Gasteiger partial charge < -0.3 is 4.74 Å². The molecule has 0 spiro atoms. The van der Waals surface area contributed by atoms with Crippen LogP contribution in [0.25, 0.3) is 10.4 Å². The van der Waals surface area contributed by atoms with Crippen LogP contribution in [0.5, 0.6) is 0 Å². The van der Waals surface area contributed by atoms with Crippen molar-refractivity contribution in [2.45, 2.75) is 25.3 Å². The zero-order valence-electron chi connectivity index (χ0n) is 6.93. The number of hydrogen-bond acceptors (Lipinski definition) is 3. The highest BCUT2D eigenvalue weighted by Crippen LogP contribution is 2.28. The van der Waals surface area contributed by atoms with E-state index in [2.05, 4.69) is 14.8 Å². The van der Waals surface area contributed by atoms with Gasteiger partial charge in [0.25, 0.3) is 0 Å². The molecule has 66 valence electrons. The summed E-state index contributed by atoms with van der Waals surface area (Å²) in [5.41, 5.74) is 8.15. The summed E-state index contributed by atoms with van der Waals surface area (Å²) in [6.07, 6.45) is 2.21. The summed E-state index contributed by atoms with van der Waals surface area (Å²) in [6.45, 7) is 0. The number of azide groups is 1. The summed E-state index contributed by atoms with van der Waals surface area (Å²) in [5, 5.41) is 3.56. The van der Waals surface area contributed by atoms with Crippen LogP contribution in [0.3, 0.4) is 0 Å². The van der Waals surface area contributed by atoms with Crippen molar-refractivity contribution in [3.05, 3.63) is 10.4 Å². The van der Waals surface area contributed by atoms with Crippen LogP contribution in [0.15, 0.2) is 5.11 Å². The van der Waals surface area contributed by atoms with Gasteiger partial charge in [-0.25, -0.2) is 0 Å². The van der Waals surface area contributed by atoms with Crippen molar-refractivity contribution in [2.75, 3.05) is 7.11 Å². The first-order chi connectivity index (χ1) is 5.77. The molecule has 1 rings (SSSR count). The van der Waals surface area contributed by atoms with Gasteiger partial charge in [0.15, 0.2) is 0 Å². The Hall–Kier alpha value is -1.22. The van der Waals surface area contributed by atoms with Crippen molar-refractivity contribution >= 4 is 5.97 Å². The number of methoxy groups -OCH3 is 1. The fraction of sp³-hybridized carbons (Fsp3) is 0.857. The summed E-state index contributed by atoms with van der Waals surface area (Å²) in [4.78, 5) is 13.7. The highest BCUT2D eigenvalue weighted by molar-refractivity contribution is 5.72. The fourth-order valence-electron chi connectivity index (χ4n) is 1.52. The van der Waals surface area contributed by atoms with Gasteiger partial charge in [-0.3, -0.25) is 4.79 Å². The SMILES string of the molecule is COC(=O)[C@H]1CCC(N=[N+]=[N-])C1. The summed E-state index contributed by atoms with van der Waals surface area (Å²) in [6, 6.07) is -0.0147. The van der Waals surface area contributed by atoms with Crippen LogP contribution in [0.2, 0.25) is 0 Å². The zero-order chi connectivity index (χ0) is 8.97. The molecule has 0 radical (unpaired) electrons. The Morgan fingerprint density at radius 1 is 1.67 bits per heavy atom. The topological polar surface area (TPSA) is 75.1 Å². The van der Waals surface area contributed by atoms with Crippen molar-refractivity contribution in [1.29, 1.82) is 0 Å². The second kappa shape index (κ2) is 3.97. The standard InChI is InChI=1S/C7H11N3O2/c1-12-7(11)5-2-3-6(4-5)9-10-8/h5-6H,2-4H2,1H3/t5-,6?/m0/s1. The molecule has 0 aromatic heterocycles.